The lowest BCUT2D eigenvalue weighted by Crippen LogP contribution is -2.42. The molecule has 0 saturated heterocycles. The van der Waals surface area contributed by atoms with Crippen LogP contribution in [0.5, 0.6) is 5.75 Å². The van der Waals surface area contributed by atoms with E-state index in [1.54, 1.807) is 11.9 Å². The zero-order chi connectivity index (χ0) is 12.7. The zero-order valence-electron chi connectivity index (χ0n) is 10.4. The molecule has 0 heterocycles. The van der Waals surface area contributed by atoms with Crippen molar-refractivity contribution < 1.29 is 9.53 Å². The molecule has 2 N–H and O–H groups in total. The number of amides is 1. The molecule has 1 amide bonds. The molecule has 1 unspecified atom stereocenters. The molecule has 1 aromatic rings. The van der Waals surface area contributed by atoms with Crippen LogP contribution in [0.2, 0.25) is 0 Å². The van der Waals surface area contributed by atoms with Gasteiger partial charge in [0.2, 0.25) is 5.91 Å². The molecule has 1 rings (SSSR count). The first-order chi connectivity index (χ1) is 8.15. The molecule has 4 nitrogen and oxygen atoms in total. The van der Waals surface area contributed by atoms with E-state index in [0.717, 1.165) is 5.75 Å². The average molecular weight is 236 g/mol. The van der Waals surface area contributed by atoms with Crippen molar-refractivity contribution in [2.45, 2.75) is 19.4 Å². The highest BCUT2D eigenvalue weighted by Crippen LogP contribution is 2.07. The largest absolute Gasteiger partial charge is 0.492 e. The first kappa shape index (κ1) is 13.5. The van der Waals surface area contributed by atoms with Gasteiger partial charge in [-0.2, -0.15) is 0 Å². The summed E-state index contributed by atoms with van der Waals surface area (Å²) in [6.07, 6.45) is 0.655. The van der Waals surface area contributed by atoms with E-state index < -0.39 is 6.04 Å². The van der Waals surface area contributed by atoms with Gasteiger partial charge in [-0.15, -0.1) is 0 Å². The Bertz CT molecular complexity index is 341. The van der Waals surface area contributed by atoms with Gasteiger partial charge in [-0.1, -0.05) is 25.1 Å². The highest BCUT2D eigenvalue weighted by atomic mass is 16.5. The maximum absolute atomic E-state index is 11.7. The average Bonchev–Trinajstić information content (AvgIpc) is 2.38. The number of ether oxygens (including phenoxy) is 1. The van der Waals surface area contributed by atoms with Crippen molar-refractivity contribution in [3.63, 3.8) is 0 Å². The van der Waals surface area contributed by atoms with Crippen molar-refractivity contribution in [1.82, 2.24) is 4.90 Å². The molecule has 0 saturated carbocycles. The standard InChI is InChI=1S/C13H20N2O2/c1-3-12(14)13(16)15(2)9-10-17-11-7-5-4-6-8-11/h4-8,12H,3,9-10,14H2,1-2H3. The van der Waals surface area contributed by atoms with Crippen molar-refractivity contribution in [2.75, 3.05) is 20.2 Å². The van der Waals surface area contributed by atoms with Gasteiger partial charge in [0.15, 0.2) is 0 Å². The Labute approximate surface area is 102 Å². The molecule has 94 valence electrons. The third kappa shape index (κ3) is 4.44. The molecule has 0 bridgehead atoms. The molecular formula is C13H20N2O2. The minimum Gasteiger partial charge on any atom is -0.492 e. The van der Waals surface area contributed by atoms with Crippen LogP contribution < -0.4 is 10.5 Å². The van der Waals surface area contributed by atoms with Crippen LogP contribution in [-0.2, 0) is 4.79 Å². The van der Waals surface area contributed by atoms with Crippen LogP contribution in [0.15, 0.2) is 30.3 Å². The van der Waals surface area contributed by atoms with Crippen LogP contribution >= 0.6 is 0 Å². The van der Waals surface area contributed by atoms with Gasteiger partial charge in [-0.05, 0) is 18.6 Å². The predicted molar refractivity (Wildman–Crippen MR) is 67.8 cm³/mol. The van der Waals surface area contributed by atoms with Gasteiger partial charge in [-0.3, -0.25) is 4.79 Å². The van der Waals surface area contributed by atoms with Crippen LogP contribution in [0, 0.1) is 0 Å². The second-order valence-electron chi connectivity index (χ2n) is 3.94. The molecule has 0 radical (unpaired) electrons. The lowest BCUT2D eigenvalue weighted by atomic mass is 10.2. The molecule has 0 fully saturated rings. The Hall–Kier alpha value is -1.55. The maximum Gasteiger partial charge on any atom is 0.239 e. The number of benzene rings is 1. The SMILES string of the molecule is CCC(N)C(=O)N(C)CCOc1ccccc1. The van der Waals surface area contributed by atoms with E-state index in [9.17, 15) is 4.79 Å². The Kier molecular flexibility index (Phi) is 5.49. The van der Waals surface area contributed by atoms with Gasteiger partial charge in [0.1, 0.15) is 12.4 Å². The third-order valence-electron chi connectivity index (χ3n) is 2.57. The summed E-state index contributed by atoms with van der Waals surface area (Å²) in [4.78, 5) is 13.3. The number of likely N-dealkylation sites (N-methyl/N-ethyl adjacent to an activating group) is 1. The number of carbonyl (C=O) groups is 1. The number of rotatable bonds is 6. The van der Waals surface area contributed by atoms with Crippen molar-refractivity contribution >= 4 is 5.91 Å². The summed E-state index contributed by atoms with van der Waals surface area (Å²) in [5, 5.41) is 0. The minimum atomic E-state index is -0.406. The highest BCUT2D eigenvalue weighted by molar-refractivity contribution is 5.81. The van der Waals surface area contributed by atoms with Crippen LogP contribution in [0.4, 0.5) is 0 Å². The number of nitrogens with zero attached hydrogens (tertiary/aromatic N) is 1. The van der Waals surface area contributed by atoms with Crippen molar-refractivity contribution in [3.8, 4) is 5.75 Å². The predicted octanol–water partition coefficient (Wildman–Crippen LogP) is 1.26. The number of nitrogens with two attached hydrogens (primary N) is 1. The highest BCUT2D eigenvalue weighted by Gasteiger charge is 2.15. The molecule has 0 aliphatic rings. The van der Waals surface area contributed by atoms with E-state index in [-0.39, 0.29) is 5.91 Å². The van der Waals surface area contributed by atoms with E-state index in [1.165, 1.54) is 0 Å². The third-order valence-corrected chi connectivity index (χ3v) is 2.57. The number of hydrogen-bond donors (Lipinski definition) is 1. The van der Waals surface area contributed by atoms with Crippen molar-refractivity contribution in [2.24, 2.45) is 5.73 Å². The molecule has 1 atom stereocenters. The second kappa shape index (κ2) is 6.91. The molecule has 0 aliphatic carbocycles. The quantitative estimate of drug-likeness (QED) is 0.809. The van der Waals surface area contributed by atoms with E-state index >= 15 is 0 Å². The normalized spacial score (nSPS) is 11.9. The van der Waals surface area contributed by atoms with E-state index in [1.807, 2.05) is 37.3 Å². The lowest BCUT2D eigenvalue weighted by molar-refractivity contribution is -0.131. The molecule has 4 heteroatoms. The number of para-hydroxylation sites is 1. The fourth-order valence-electron chi connectivity index (χ4n) is 1.39. The second-order valence-corrected chi connectivity index (χ2v) is 3.94. The summed E-state index contributed by atoms with van der Waals surface area (Å²) in [5.41, 5.74) is 5.67. The van der Waals surface area contributed by atoms with Crippen LogP contribution in [0.3, 0.4) is 0 Å². The van der Waals surface area contributed by atoms with E-state index in [0.29, 0.717) is 19.6 Å². The zero-order valence-corrected chi connectivity index (χ0v) is 10.4. The summed E-state index contributed by atoms with van der Waals surface area (Å²) < 4.78 is 5.51. The van der Waals surface area contributed by atoms with E-state index in [2.05, 4.69) is 0 Å². The topological polar surface area (TPSA) is 55.6 Å². The smallest absolute Gasteiger partial charge is 0.239 e. The minimum absolute atomic E-state index is 0.0378. The van der Waals surface area contributed by atoms with Crippen LogP contribution in [0.1, 0.15) is 13.3 Å². The van der Waals surface area contributed by atoms with Gasteiger partial charge in [0.25, 0.3) is 0 Å². The molecule has 0 aliphatic heterocycles. The number of hydrogen-bond acceptors (Lipinski definition) is 3. The monoisotopic (exact) mass is 236 g/mol. The number of carbonyl (C=O) groups excluding carboxylic acids is 1. The lowest BCUT2D eigenvalue weighted by Gasteiger charge is -2.20. The van der Waals surface area contributed by atoms with E-state index in [4.69, 9.17) is 10.5 Å². The summed E-state index contributed by atoms with van der Waals surface area (Å²) >= 11 is 0. The van der Waals surface area contributed by atoms with Gasteiger partial charge >= 0.3 is 0 Å². The Morgan fingerprint density at radius 3 is 2.65 bits per heavy atom. The summed E-state index contributed by atoms with van der Waals surface area (Å²) in [7, 11) is 1.74. The van der Waals surface area contributed by atoms with Gasteiger partial charge < -0.3 is 15.4 Å². The first-order valence-electron chi connectivity index (χ1n) is 5.83. The van der Waals surface area contributed by atoms with Gasteiger partial charge in [0.05, 0.1) is 12.6 Å². The molecule has 0 spiro atoms. The fourth-order valence-corrected chi connectivity index (χ4v) is 1.39. The van der Waals surface area contributed by atoms with Crippen molar-refractivity contribution in [3.05, 3.63) is 30.3 Å². The maximum atomic E-state index is 11.7. The summed E-state index contributed by atoms with van der Waals surface area (Å²) in [6.45, 7) is 2.92. The van der Waals surface area contributed by atoms with Gasteiger partial charge in [-0.25, -0.2) is 0 Å². The van der Waals surface area contributed by atoms with Crippen LogP contribution in [0.25, 0.3) is 0 Å². The molecule has 17 heavy (non-hydrogen) atoms. The van der Waals surface area contributed by atoms with Crippen LogP contribution in [-0.4, -0.2) is 37.0 Å². The Morgan fingerprint density at radius 2 is 2.06 bits per heavy atom. The Morgan fingerprint density at radius 1 is 1.41 bits per heavy atom. The molecule has 0 aromatic heterocycles. The summed E-state index contributed by atoms with van der Waals surface area (Å²) in [5.74, 6) is 0.775. The first-order valence-corrected chi connectivity index (χ1v) is 5.83. The van der Waals surface area contributed by atoms with Crippen molar-refractivity contribution in [1.29, 1.82) is 0 Å². The molecular weight excluding hydrogens is 216 g/mol. The Balaban J connectivity index is 2.29. The molecule has 1 aromatic carbocycles. The summed E-state index contributed by atoms with van der Waals surface area (Å²) in [6, 6.07) is 9.13. The fraction of sp³-hybridized carbons (Fsp3) is 0.462. The van der Waals surface area contributed by atoms with Gasteiger partial charge in [0, 0.05) is 7.05 Å².